The summed E-state index contributed by atoms with van der Waals surface area (Å²) in [6, 6.07) is 13.3. The van der Waals surface area contributed by atoms with E-state index in [1.54, 1.807) is 0 Å². The van der Waals surface area contributed by atoms with Gasteiger partial charge in [-0.2, -0.15) is 0 Å². The van der Waals surface area contributed by atoms with Gasteiger partial charge in [0.1, 0.15) is 0 Å². The van der Waals surface area contributed by atoms with Gasteiger partial charge < -0.3 is 0 Å². The summed E-state index contributed by atoms with van der Waals surface area (Å²) in [4.78, 5) is 12.3. The Labute approximate surface area is 111 Å². The van der Waals surface area contributed by atoms with E-state index >= 15 is 0 Å². The predicted molar refractivity (Wildman–Crippen MR) is 74.9 cm³/mol. The number of ketones is 1. The molecule has 0 atom stereocenters. The molecular weight excluding hydrogens is 244 g/mol. The van der Waals surface area contributed by atoms with Gasteiger partial charge in [-0.1, -0.05) is 60.2 Å². The molecule has 0 radical (unpaired) electrons. The first-order chi connectivity index (χ1) is 8.75. The van der Waals surface area contributed by atoms with Crippen LogP contribution >= 0.6 is 11.6 Å². The highest BCUT2D eigenvalue weighted by Crippen LogP contribution is 2.27. The third-order valence-corrected chi connectivity index (χ3v) is 3.51. The maximum Gasteiger partial charge on any atom is 0.167 e. The zero-order valence-corrected chi connectivity index (χ0v) is 10.4. The third-order valence-electron chi connectivity index (χ3n) is 3.18. The molecule has 0 fully saturated rings. The fraction of sp³-hybridized carbons (Fsp3) is 0.0625. The normalized spacial score (nSPS) is 13.5. The summed E-state index contributed by atoms with van der Waals surface area (Å²) >= 11 is 6.18. The fourth-order valence-electron chi connectivity index (χ4n) is 2.26. The van der Waals surface area contributed by atoms with Crippen LogP contribution in [0.25, 0.3) is 12.2 Å². The summed E-state index contributed by atoms with van der Waals surface area (Å²) in [6.07, 6.45) is 4.34. The van der Waals surface area contributed by atoms with Gasteiger partial charge in [-0.15, -0.1) is 0 Å². The molecule has 0 N–H and O–H groups in total. The molecule has 88 valence electrons. The Bertz CT molecular complexity index is 656. The Morgan fingerprint density at radius 3 is 2.67 bits per heavy atom. The number of carbonyl (C=O) groups is 1. The molecule has 2 aromatic carbocycles. The van der Waals surface area contributed by atoms with Crippen molar-refractivity contribution in [2.24, 2.45) is 0 Å². The van der Waals surface area contributed by atoms with Crippen LogP contribution in [-0.4, -0.2) is 5.78 Å². The van der Waals surface area contributed by atoms with Crippen molar-refractivity contribution in [1.82, 2.24) is 0 Å². The summed E-state index contributed by atoms with van der Waals surface area (Å²) in [5.41, 5.74) is 3.66. The molecule has 0 unspecified atom stereocenters. The van der Waals surface area contributed by atoms with Gasteiger partial charge in [0.25, 0.3) is 0 Å². The van der Waals surface area contributed by atoms with Crippen LogP contribution < -0.4 is 0 Å². The molecule has 0 saturated carbocycles. The predicted octanol–water partition coefficient (Wildman–Crippen LogP) is 4.25. The number of rotatable bonds is 0. The van der Waals surface area contributed by atoms with Crippen LogP contribution in [0.5, 0.6) is 0 Å². The lowest BCUT2D eigenvalue weighted by atomic mass is 9.92. The zero-order valence-electron chi connectivity index (χ0n) is 9.69. The number of hydrogen-bond donors (Lipinski definition) is 0. The smallest absolute Gasteiger partial charge is 0.167 e. The maximum absolute atomic E-state index is 12.3. The first-order valence-corrected chi connectivity index (χ1v) is 6.21. The van der Waals surface area contributed by atoms with Crippen LogP contribution in [-0.2, 0) is 6.42 Å². The monoisotopic (exact) mass is 254 g/mol. The van der Waals surface area contributed by atoms with Gasteiger partial charge in [0, 0.05) is 17.0 Å². The average Bonchev–Trinajstić information content (AvgIpc) is 2.36. The van der Waals surface area contributed by atoms with Crippen molar-refractivity contribution in [3.05, 3.63) is 69.7 Å². The highest BCUT2D eigenvalue weighted by Gasteiger charge is 2.15. The van der Waals surface area contributed by atoms with Crippen LogP contribution in [0, 0.1) is 0 Å². The van der Waals surface area contributed by atoms with Gasteiger partial charge in [0.05, 0.1) is 0 Å². The first kappa shape index (κ1) is 11.2. The van der Waals surface area contributed by atoms with Gasteiger partial charge in [0.2, 0.25) is 0 Å². The van der Waals surface area contributed by atoms with Crippen LogP contribution in [0.1, 0.15) is 27.0 Å². The quantitative estimate of drug-likeness (QED) is 0.687. The molecule has 18 heavy (non-hydrogen) atoms. The van der Waals surface area contributed by atoms with Gasteiger partial charge in [-0.25, -0.2) is 0 Å². The van der Waals surface area contributed by atoms with Crippen molar-refractivity contribution >= 4 is 29.5 Å². The van der Waals surface area contributed by atoms with E-state index in [4.69, 9.17) is 11.6 Å². The van der Waals surface area contributed by atoms with Crippen LogP contribution in [0.2, 0.25) is 5.02 Å². The summed E-state index contributed by atoms with van der Waals surface area (Å²) in [7, 11) is 0. The lowest BCUT2D eigenvalue weighted by molar-refractivity contribution is 0.0992. The number of halogens is 1. The molecule has 0 aliphatic heterocycles. The lowest BCUT2D eigenvalue weighted by Gasteiger charge is -2.12. The van der Waals surface area contributed by atoms with E-state index in [1.165, 1.54) is 0 Å². The Morgan fingerprint density at radius 1 is 0.944 bits per heavy atom. The highest BCUT2D eigenvalue weighted by molar-refractivity contribution is 6.32. The molecule has 0 spiro atoms. The Hall–Kier alpha value is -1.86. The van der Waals surface area contributed by atoms with E-state index in [0.29, 0.717) is 11.4 Å². The molecule has 2 aromatic rings. The second kappa shape index (κ2) is 4.43. The summed E-state index contributed by atoms with van der Waals surface area (Å²) in [6.45, 7) is 0. The molecule has 1 nitrogen and oxygen atoms in total. The standard InChI is InChI=1S/C16H11ClO/c17-15-7-3-5-12-10-16(18)14-6-2-1-4-11(14)8-9-13(12)15/h1-9H,10H2. The van der Waals surface area contributed by atoms with E-state index in [2.05, 4.69) is 0 Å². The van der Waals surface area contributed by atoms with Crippen molar-refractivity contribution in [2.75, 3.05) is 0 Å². The van der Waals surface area contributed by atoms with E-state index in [1.807, 2.05) is 54.6 Å². The van der Waals surface area contributed by atoms with Gasteiger partial charge in [-0.3, -0.25) is 4.79 Å². The van der Waals surface area contributed by atoms with E-state index in [-0.39, 0.29) is 5.78 Å². The molecule has 3 rings (SSSR count). The van der Waals surface area contributed by atoms with E-state index < -0.39 is 0 Å². The van der Waals surface area contributed by atoms with Crippen molar-refractivity contribution in [1.29, 1.82) is 0 Å². The third kappa shape index (κ3) is 1.87. The number of Topliss-reactive ketones (excluding diaryl/α,β-unsaturated/α-hetero) is 1. The lowest BCUT2D eigenvalue weighted by Crippen LogP contribution is -2.08. The van der Waals surface area contributed by atoms with E-state index in [9.17, 15) is 4.79 Å². The molecule has 0 heterocycles. The second-order valence-electron chi connectivity index (χ2n) is 4.33. The van der Waals surface area contributed by atoms with Crippen LogP contribution in [0.15, 0.2) is 42.5 Å². The first-order valence-electron chi connectivity index (χ1n) is 5.83. The van der Waals surface area contributed by atoms with Crippen LogP contribution in [0.3, 0.4) is 0 Å². The number of benzene rings is 2. The summed E-state index contributed by atoms with van der Waals surface area (Å²) < 4.78 is 0. The molecule has 2 heteroatoms. The number of hydrogen-bond acceptors (Lipinski definition) is 1. The molecule has 0 amide bonds. The second-order valence-corrected chi connectivity index (χ2v) is 4.74. The fourth-order valence-corrected chi connectivity index (χ4v) is 2.52. The van der Waals surface area contributed by atoms with Crippen molar-refractivity contribution in [3.63, 3.8) is 0 Å². The van der Waals surface area contributed by atoms with Gasteiger partial charge in [0.15, 0.2) is 5.78 Å². The molecular formula is C16H11ClO. The minimum atomic E-state index is 0.137. The minimum absolute atomic E-state index is 0.137. The largest absolute Gasteiger partial charge is 0.294 e. The van der Waals surface area contributed by atoms with Crippen molar-refractivity contribution in [3.8, 4) is 0 Å². The molecule has 0 bridgehead atoms. The van der Waals surface area contributed by atoms with Crippen molar-refractivity contribution < 1.29 is 4.79 Å². The summed E-state index contributed by atoms with van der Waals surface area (Å²) in [5, 5.41) is 0.691. The molecule has 1 aliphatic rings. The molecule has 0 aromatic heterocycles. The Balaban J connectivity index is 2.22. The molecule has 1 aliphatic carbocycles. The SMILES string of the molecule is O=C1Cc2cccc(Cl)c2C=Cc2ccccc21. The minimum Gasteiger partial charge on any atom is -0.294 e. The topological polar surface area (TPSA) is 17.1 Å². The molecule has 0 saturated heterocycles. The summed E-state index contributed by atoms with van der Waals surface area (Å²) in [5.74, 6) is 0.137. The number of carbonyl (C=O) groups excluding carboxylic acids is 1. The highest BCUT2D eigenvalue weighted by atomic mass is 35.5. The maximum atomic E-state index is 12.3. The van der Waals surface area contributed by atoms with Crippen molar-refractivity contribution in [2.45, 2.75) is 6.42 Å². The average molecular weight is 255 g/mol. The van der Waals surface area contributed by atoms with Crippen LogP contribution in [0.4, 0.5) is 0 Å². The van der Waals surface area contributed by atoms with Gasteiger partial charge in [-0.05, 0) is 22.8 Å². The van der Waals surface area contributed by atoms with Gasteiger partial charge >= 0.3 is 0 Å². The number of fused-ring (bicyclic) bond motifs is 2. The zero-order chi connectivity index (χ0) is 12.5. The Kier molecular flexibility index (Phi) is 2.77. The van der Waals surface area contributed by atoms with E-state index in [0.717, 1.165) is 22.3 Å². The Morgan fingerprint density at radius 2 is 1.78 bits per heavy atom.